The fourth-order valence-corrected chi connectivity index (χ4v) is 9.85. The molecule has 15 heteroatoms. The molecule has 0 spiro atoms. The molecule has 70 heavy (non-hydrogen) atoms. The number of amides is 3. The summed E-state index contributed by atoms with van der Waals surface area (Å²) in [7, 11) is 3.30. The second-order valence-electron chi connectivity index (χ2n) is 20.0. The second kappa shape index (κ2) is 22.0. The van der Waals surface area contributed by atoms with Gasteiger partial charge in [0.05, 0.1) is 36.7 Å². The van der Waals surface area contributed by atoms with Crippen molar-refractivity contribution in [3.63, 3.8) is 0 Å². The molecular weight excluding hydrogens is 893 g/mol. The number of carbonyl (C=O) groups is 3. The Kier molecular flexibility index (Phi) is 16.2. The molecule has 0 bridgehead atoms. The normalized spacial score (nSPS) is 16.8. The van der Waals surface area contributed by atoms with Gasteiger partial charge in [-0.3, -0.25) is 23.9 Å². The number of hydrogen-bond donors (Lipinski definition) is 3. The largest absolute Gasteiger partial charge is 0.497 e. The Morgan fingerprint density at radius 3 is 2.39 bits per heavy atom. The summed E-state index contributed by atoms with van der Waals surface area (Å²) in [6, 6.07) is 14.2. The highest BCUT2D eigenvalue weighted by Crippen LogP contribution is 2.44. The fraction of sp³-hybridized carbons (Fsp3) is 0.473. The van der Waals surface area contributed by atoms with Crippen molar-refractivity contribution in [1.29, 1.82) is 0 Å². The minimum absolute atomic E-state index is 0.00350. The van der Waals surface area contributed by atoms with E-state index in [2.05, 4.69) is 26.6 Å². The molecule has 0 unspecified atom stereocenters. The van der Waals surface area contributed by atoms with Gasteiger partial charge in [-0.1, -0.05) is 64.5 Å². The molecule has 13 nitrogen and oxygen atoms in total. The van der Waals surface area contributed by atoms with Gasteiger partial charge in [0.2, 0.25) is 17.7 Å². The summed E-state index contributed by atoms with van der Waals surface area (Å²) >= 11 is 0. The Labute approximate surface area is 409 Å². The number of aliphatic hydroxyl groups excluding tert-OH is 1. The highest BCUT2D eigenvalue weighted by molar-refractivity contribution is 5.97. The number of benzene rings is 3. The van der Waals surface area contributed by atoms with E-state index in [1.165, 1.54) is 4.90 Å². The first kappa shape index (κ1) is 51.3. The number of unbranched alkanes of at least 4 members (excludes halogenated alkanes) is 5. The number of likely N-dealkylation sites (tertiary alicyclic amines) is 1. The van der Waals surface area contributed by atoms with Crippen molar-refractivity contribution in [3.8, 4) is 29.2 Å². The molecule has 4 atom stereocenters. The van der Waals surface area contributed by atoms with Crippen LogP contribution in [0.4, 0.5) is 20.2 Å². The summed E-state index contributed by atoms with van der Waals surface area (Å²) in [6.07, 6.45) is 12.4. The molecule has 4 heterocycles. The van der Waals surface area contributed by atoms with E-state index in [9.17, 15) is 33.1 Å². The number of terminal acetylenes is 1. The molecule has 0 saturated carbocycles. The summed E-state index contributed by atoms with van der Waals surface area (Å²) in [5.74, 6) is 2.13. The van der Waals surface area contributed by atoms with Crippen LogP contribution in [0.5, 0.6) is 5.75 Å². The molecule has 3 aromatic carbocycles. The zero-order valence-electron chi connectivity index (χ0n) is 41.5. The smallest absolute Gasteiger partial charge is 0.264 e. The number of nitrogens with zero attached hydrogens (tertiary/aromatic N) is 5. The number of aromatic nitrogens is 3. The topological polar surface area (TPSA) is 151 Å². The number of rotatable bonds is 18. The number of fused-ring (bicyclic) bond motifs is 2. The monoisotopic (exact) mass is 960 g/mol. The van der Waals surface area contributed by atoms with Gasteiger partial charge >= 0.3 is 0 Å². The number of aryl methyl sites for hydroxylation is 4. The molecule has 2 aromatic heterocycles. The maximum Gasteiger partial charge on any atom is 0.264 e. The predicted molar refractivity (Wildman–Crippen MR) is 269 cm³/mol. The van der Waals surface area contributed by atoms with Gasteiger partial charge in [0.1, 0.15) is 17.8 Å². The SMILES string of the molecule is C#Cc1ccc([C@H](C)NC(=O)[C@@H]2C[C@@H](O)CN2C(=O)[C@@H](NC(=O)CCCCCCCCn2cc(-c3cc4c(cc3C(F)F)N(c3cc(OC)cc5c3cc(C)c(=O)n5C)CCC4)cn2)C(C)(C)C)cc1. The van der Waals surface area contributed by atoms with Crippen molar-refractivity contribution >= 4 is 40.0 Å². The van der Waals surface area contributed by atoms with Crippen LogP contribution in [0.1, 0.15) is 126 Å². The first-order valence-corrected chi connectivity index (χ1v) is 24.5. The highest BCUT2D eigenvalue weighted by Gasteiger charge is 2.44. The van der Waals surface area contributed by atoms with Crippen LogP contribution in [-0.4, -0.2) is 80.5 Å². The van der Waals surface area contributed by atoms with Crippen LogP contribution in [0, 0.1) is 24.7 Å². The number of β-amino-alcohol motifs (C(OH)–C–C–N with tert-alkyl or cyclic N) is 1. The molecule has 1 saturated heterocycles. The molecule has 5 aromatic rings. The molecule has 7 rings (SSSR count). The van der Waals surface area contributed by atoms with Gasteiger partial charge in [0, 0.05) is 91.2 Å². The number of carbonyl (C=O) groups excluding carboxylic acids is 3. The number of alkyl halides is 2. The van der Waals surface area contributed by atoms with Crippen LogP contribution in [0.25, 0.3) is 22.0 Å². The van der Waals surface area contributed by atoms with Gasteiger partial charge < -0.3 is 34.8 Å². The lowest BCUT2D eigenvalue weighted by Crippen LogP contribution is -2.57. The van der Waals surface area contributed by atoms with Crippen LogP contribution in [-0.2, 0) is 34.4 Å². The Bertz CT molecular complexity index is 2810. The van der Waals surface area contributed by atoms with E-state index >= 15 is 0 Å². The lowest BCUT2D eigenvalue weighted by Gasteiger charge is -2.35. The quantitative estimate of drug-likeness (QED) is 0.0583. The number of anilines is 2. The third-order valence-corrected chi connectivity index (χ3v) is 13.8. The number of methoxy groups -OCH3 is 1. The van der Waals surface area contributed by atoms with Crippen molar-refractivity contribution in [1.82, 2.24) is 29.9 Å². The number of nitrogens with one attached hydrogen (secondary N) is 2. The van der Waals surface area contributed by atoms with Crippen molar-refractivity contribution < 1.29 is 33.0 Å². The summed E-state index contributed by atoms with van der Waals surface area (Å²) in [6.45, 7) is 10.5. The average molecular weight is 960 g/mol. The van der Waals surface area contributed by atoms with E-state index in [0.29, 0.717) is 47.5 Å². The molecule has 1 fully saturated rings. The molecule has 0 radical (unpaired) electrons. The zero-order valence-corrected chi connectivity index (χ0v) is 41.5. The highest BCUT2D eigenvalue weighted by atomic mass is 19.3. The molecule has 3 amide bonds. The standard InChI is InChI=1S/C55H67F2N7O6/c1-9-36-19-21-37(22-20-36)35(3)59-52(67)48-27-40(65)33-64(48)54(69)50(55(4,5)6)60-49(66)18-14-12-10-11-13-15-23-62-32-39(31-58-62)42-26-38-17-16-24-63(45(38)30-43(42)51(56)57)47-29-41(70-8)28-46-44(47)25-34(2)53(68)61(46)7/h1,19-22,25-26,28-32,35,40,48,50-51,65H,10-18,23-24,27,33H2,2-8H3,(H,59,67)(H,60,66)/t35-,40+,48-,50+/m0/s1. The molecule has 2 aliphatic heterocycles. The summed E-state index contributed by atoms with van der Waals surface area (Å²) in [5.41, 5.74) is 5.63. The molecule has 0 aliphatic carbocycles. The van der Waals surface area contributed by atoms with Crippen molar-refractivity contribution in [2.45, 2.75) is 136 Å². The van der Waals surface area contributed by atoms with Crippen LogP contribution in [0.15, 0.2) is 71.8 Å². The Balaban J connectivity index is 0.891. The number of aliphatic hydroxyl groups is 1. The summed E-state index contributed by atoms with van der Waals surface area (Å²) in [4.78, 5) is 57.1. The van der Waals surface area contributed by atoms with E-state index in [4.69, 9.17) is 11.2 Å². The summed E-state index contributed by atoms with van der Waals surface area (Å²) in [5, 5.41) is 21.9. The predicted octanol–water partition coefficient (Wildman–Crippen LogP) is 8.82. The van der Waals surface area contributed by atoms with Crippen LogP contribution >= 0.6 is 0 Å². The third kappa shape index (κ3) is 11.6. The minimum atomic E-state index is -2.72. The Morgan fingerprint density at radius 2 is 1.70 bits per heavy atom. The second-order valence-corrected chi connectivity index (χ2v) is 20.0. The lowest BCUT2D eigenvalue weighted by atomic mass is 9.85. The lowest BCUT2D eigenvalue weighted by molar-refractivity contribution is -0.144. The van der Waals surface area contributed by atoms with Gasteiger partial charge in [0.15, 0.2) is 0 Å². The first-order chi connectivity index (χ1) is 33.4. The van der Waals surface area contributed by atoms with Crippen molar-refractivity contribution in [2.24, 2.45) is 12.5 Å². The third-order valence-electron chi connectivity index (χ3n) is 13.8. The summed E-state index contributed by atoms with van der Waals surface area (Å²) < 4.78 is 38.9. The molecule has 372 valence electrons. The van der Waals surface area contributed by atoms with E-state index in [1.807, 2.05) is 75.0 Å². The van der Waals surface area contributed by atoms with E-state index in [-0.39, 0.29) is 48.4 Å². The van der Waals surface area contributed by atoms with Crippen LogP contribution in [0.2, 0.25) is 0 Å². The van der Waals surface area contributed by atoms with Crippen LogP contribution < -0.4 is 25.8 Å². The number of ether oxygens (including phenoxy) is 1. The maximum atomic E-state index is 14.9. The van der Waals surface area contributed by atoms with Gasteiger partial charge in [-0.15, -0.1) is 6.42 Å². The van der Waals surface area contributed by atoms with Crippen molar-refractivity contribution in [2.75, 3.05) is 25.1 Å². The van der Waals surface area contributed by atoms with Gasteiger partial charge in [-0.2, -0.15) is 5.10 Å². The molecule has 3 N–H and O–H groups in total. The average Bonchev–Trinajstić information content (AvgIpc) is 3.98. The van der Waals surface area contributed by atoms with Gasteiger partial charge in [-0.25, -0.2) is 8.78 Å². The van der Waals surface area contributed by atoms with E-state index in [1.54, 1.807) is 50.0 Å². The number of pyridine rings is 1. The maximum absolute atomic E-state index is 14.9. The Morgan fingerprint density at radius 1 is 0.986 bits per heavy atom. The van der Waals surface area contributed by atoms with Gasteiger partial charge in [0.25, 0.3) is 12.0 Å². The molecular formula is C55H67F2N7O6. The van der Waals surface area contributed by atoms with Crippen molar-refractivity contribution in [3.05, 3.63) is 105 Å². The van der Waals surface area contributed by atoms with Gasteiger partial charge in [-0.05, 0) is 92.0 Å². The molecule has 2 aliphatic rings. The Hall–Kier alpha value is -6.53. The van der Waals surface area contributed by atoms with Crippen LogP contribution in [0.3, 0.4) is 0 Å². The minimum Gasteiger partial charge on any atom is -0.497 e. The van der Waals surface area contributed by atoms with E-state index < -0.39 is 35.9 Å². The zero-order chi connectivity index (χ0) is 50.4. The fourth-order valence-electron chi connectivity index (χ4n) is 9.85. The van der Waals surface area contributed by atoms with E-state index in [0.717, 1.165) is 78.4 Å². The number of halogens is 2. The number of hydrogen-bond acceptors (Lipinski definition) is 8. The first-order valence-electron chi connectivity index (χ1n) is 24.5.